The highest BCUT2D eigenvalue weighted by atomic mass is 32.2. The summed E-state index contributed by atoms with van der Waals surface area (Å²) in [6.45, 7) is 0.415. The molecule has 0 heterocycles. The number of hydrogen-bond acceptors (Lipinski definition) is 4. The third kappa shape index (κ3) is 5.86. The van der Waals surface area contributed by atoms with Crippen molar-refractivity contribution in [3.63, 3.8) is 0 Å². The second-order valence-electron chi connectivity index (χ2n) is 6.22. The van der Waals surface area contributed by atoms with Crippen LogP contribution < -0.4 is 10.6 Å². The molecule has 0 aliphatic rings. The standard InChI is InChI=1S/C19H22FN3O4S/c1-23(2)28(26,27)17-8-6-15(7-9-17)19(25)22-11-10-21-18(24)13-14-4-3-5-16(20)12-14/h3-9,12H,10-11,13H2,1-2H3,(H,21,24)(H,22,25). The topological polar surface area (TPSA) is 95.6 Å². The zero-order chi connectivity index (χ0) is 20.7. The Morgan fingerprint density at radius 3 is 2.25 bits per heavy atom. The molecule has 0 spiro atoms. The number of carbonyl (C=O) groups is 2. The smallest absolute Gasteiger partial charge is 0.251 e. The van der Waals surface area contributed by atoms with Crippen molar-refractivity contribution in [2.75, 3.05) is 27.2 Å². The van der Waals surface area contributed by atoms with Crippen LogP contribution >= 0.6 is 0 Å². The largest absolute Gasteiger partial charge is 0.354 e. The monoisotopic (exact) mass is 407 g/mol. The molecule has 0 radical (unpaired) electrons. The Bertz CT molecular complexity index is 944. The maximum Gasteiger partial charge on any atom is 0.251 e. The second kappa shape index (κ2) is 9.43. The normalized spacial score (nSPS) is 11.3. The van der Waals surface area contributed by atoms with Crippen molar-refractivity contribution in [2.45, 2.75) is 11.3 Å². The first-order chi connectivity index (χ1) is 13.2. The van der Waals surface area contributed by atoms with Gasteiger partial charge in [0.15, 0.2) is 0 Å². The number of rotatable bonds is 8. The minimum atomic E-state index is -3.55. The number of nitrogens with zero attached hydrogens (tertiary/aromatic N) is 1. The van der Waals surface area contributed by atoms with E-state index in [2.05, 4.69) is 10.6 Å². The van der Waals surface area contributed by atoms with Gasteiger partial charge in [-0.15, -0.1) is 0 Å². The van der Waals surface area contributed by atoms with E-state index in [4.69, 9.17) is 0 Å². The van der Waals surface area contributed by atoms with Crippen molar-refractivity contribution in [1.29, 1.82) is 0 Å². The number of halogens is 1. The van der Waals surface area contributed by atoms with Crippen LogP contribution in [0.1, 0.15) is 15.9 Å². The van der Waals surface area contributed by atoms with Crippen molar-refractivity contribution in [3.05, 3.63) is 65.5 Å². The van der Waals surface area contributed by atoms with Gasteiger partial charge in [0.1, 0.15) is 5.82 Å². The minimum Gasteiger partial charge on any atom is -0.354 e. The van der Waals surface area contributed by atoms with Gasteiger partial charge in [-0.25, -0.2) is 17.1 Å². The molecule has 2 amide bonds. The zero-order valence-electron chi connectivity index (χ0n) is 15.6. The highest BCUT2D eigenvalue weighted by Gasteiger charge is 2.17. The number of hydrogen-bond donors (Lipinski definition) is 2. The van der Waals surface area contributed by atoms with E-state index in [1.54, 1.807) is 6.07 Å². The third-order valence-electron chi connectivity index (χ3n) is 3.88. The molecule has 2 rings (SSSR count). The van der Waals surface area contributed by atoms with Gasteiger partial charge >= 0.3 is 0 Å². The average molecular weight is 407 g/mol. The maximum absolute atomic E-state index is 13.1. The summed E-state index contributed by atoms with van der Waals surface area (Å²) in [4.78, 5) is 24.0. The molecule has 7 nitrogen and oxygen atoms in total. The highest BCUT2D eigenvalue weighted by Crippen LogP contribution is 2.13. The number of amides is 2. The summed E-state index contributed by atoms with van der Waals surface area (Å²) in [5.41, 5.74) is 0.873. The van der Waals surface area contributed by atoms with E-state index >= 15 is 0 Å². The van der Waals surface area contributed by atoms with E-state index < -0.39 is 15.8 Å². The fourth-order valence-electron chi connectivity index (χ4n) is 2.36. The van der Waals surface area contributed by atoms with Gasteiger partial charge in [0.2, 0.25) is 15.9 Å². The highest BCUT2D eigenvalue weighted by molar-refractivity contribution is 7.89. The van der Waals surface area contributed by atoms with Gasteiger partial charge in [-0.3, -0.25) is 9.59 Å². The van der Waals surface area contributed by atoms with E-state index in [1.807, 2.05) is 0 Å². The van der Waals surface area contributed by atoms with Crippen molar-refractivity contribution >= 4 is 21.8 Å². The number of carbonyl (C=O) groups excluding carboxylic acids is 2. The molecule has 9 heteroatoms. The Hall–Kier alpha value is -2.78. The summed E-state index contributed by atoms with van der Waals surface area (Å²) < 4.78 is 38.2. The van der Waals surface area contributed by atoms with Gasteiger partial charge in [-0.05, 0) is 42.0 Å². The number of nitrogens with one attached hydrogen (secondary N) is 2. The van der Waals surface area contributed by atoms with Gasteiger partial charge in [0.05, 0.1) is 11.3 Å². The Morgan fingerprint density at radius 2 is 1.64 bits per heavy atom. The number of sulfonamides is 1. The van der Waals surface area contributed by atoms with Gasteiger partial charge in [-0.1, -0.05) is 12.1 Å². The van der Waals surface area contributed by atoms with Gasteiger partial charge in [0, 0.05) is 32.7 Å². The lowest BCUT2D eigenvalue weighted by Gasteiger charge is -2.12. The lowest BCUT2D eigenvalue weighted by molar-refractivity contribution is -0.120. The lowest BCUT2D eigenvalue weighted by Crippen LogP contribution is -2.35. The number of benzene rings is 2. The first kappa shape index (κ1) is 21.5. The first-order valence-electron chi connectivity index (χ1n) is 8.52. The van der Waals surface area contributed by atoms with Crippen molar-refractivity contribution in [2.24, 2.45) is 0 Å². The summed E-state index contributed by atoms with van der Waals surface area (Å²) in [6.07, 6.45) is 0.0491. The molecule has 0 saturated carbocycles. The molecule has 0 unspecified atom stereocenters. The third-order valence-corrected chi connectivity index (χ3v) is 5.71. The summed E-state index contributed by atoms with van der Waals surface area (Å²) in [5.74, 6) is -1.06. The average Bonchev–Trinajstić information content (AvgIpc) is 2.65. The summed E-state index contributed by atoms with van der Waals surface area (Å²) >= 11 is 0. The molecule has 0 atom stereocenters. The van der Waals surface area contributed by atoms with Crippen LogP contribution in [0.3, 0.4) is 0 Å². The molecule has 0 aliphatic heterocycles. The van der Waals surface area contributed by atoms with Crippen LogP contribution in [-0.4, -0.2) is 51.7 Å². The molecule has 2 aromatic carbocycles. The van der Waals surface area contributed by atoms with Crippen molar-refractivity contribution in [1.82, 2.24) is 14.9 Å². The second-order valence-corrected chi connectivity index (χ2v) is 8.38. The first-order valence-corrected chi connectivity index (χ1v) is 9.96. The summed E-state index contributed by atoms with van der Waals surface area (Å²) in [6, 6.07) is 11.4. The molecule has 0 aliphatic carbocycles. The fraction of sp³-hybridized carbons (Fsp3) is 0.263. The van der Waals surface area contributed by atoms with Crippen LogP contribution in [0.25, 0.3) is 0 Å². The van der Waals surface area contributed by atoms with Crippen LogP contribution in [-0.2, 0) is 21.2 Å². The molecule has 28 heavy (non-hydrogen) atoms. The van der Waals surface area contributed by atoms with Crippen LogP contribution in [0.15, 0.2) is 53.4 Å². The molecule has 0 aromatic heterocycles. The summed E-state index contributed by atoms with van der Waals surface area (Å²) in [5, 5.41) is 5.27. The zero-order valence-corrected chi connectivity index (χ0v) is 16.4. The molecule has 0 bridgehead atoms. The van der Waals surface area contributed by atoms with E-state index in [-0.39, 0.29) is 36.2 Å². The quantitative estimate of drug-likeness (QED) is 0.642. The molecule has 0 saturated heterocycles. The van der Waals surface area contributed by atoms with Crippen LogP contribution in [0.2, 0.25) is 0 Å². The predicted octanol–water partition coefficient (Wildman–Crippen LogP) is 1.16. The van der Waals surface area contributed by atoms with Crippen molar-refractivity contribution < 1.29 is 22.4 Å². The van der Waals surface area contributed by atoms with Gasteiger partial charge < -0.3 is 10.6 Å². The Morgan fingerprint density at radius 1 is 1.00 bits per heavy atom. The van der Waals surface area contributed by atoms with E-state index in [1.165, 1.54) is 56.6 Å². The molecule has 2 aromatic rings. The SMILES string of the molecule is CN(C)S(=O)(=O)c1ccc(C(=O)NCCNC(=O)Cc2cccc(F)c2)cc1. The van der Waals surface area contributed by atoms with Crippen molar-refractivity contribution in [3.8, 4) is 0 Å². The Labute approximate surface area is 163 Å². The molecule has 0 fully saturated rings. The van der Waals surface area contributed by atoms with E-state index in [9.17, 15) is 22.4 Å². The Balaban J connectivity index is 1.78. The van der Waals surface area contributed by atoms with E-state index in [0.29, 0.717) is 11.1 Å². The van der Waals surface area contributed by atoms with Crippen LogP contribution in [0.4, 0.5) is 4.39 Å². The predicted molar refractivity (Wildman–Crippen MR) is 103 cm³/mol. The molecule has 2 N–H and O–H groups in total. The maximum atomic E-state index is 13.1. The van der Waals surface area contributed by atoms with Crippen LogP contribution in [0.5, 0.6) is 0 Å². The molecular formula is C19H22FN3O4S. The molecule has 150 valence electrons. The van der Waals surface area contributed by atoms with Gasteiger partial charge in [-0.2, -0.15) is 0 Å². The van der Waals surface area contributed by atoms with Gasteiger partial charge in [0.25, 0.3) is 5.91 Å². The van der Waals surface area contributed by atoms with Crippen LogP contribution in [0, 0.1) is 5.82 Å². The fourth-order valence-corrected chi connectivity index (χ4v) is 3.27. The molecular weight excluding hydrogens is 385 g/mol. The van der Waals surface area contributed by atoms with E-state index in [0.717, 1.165) is 4.31 Å². The Kier molecular flexibility index (Phi) is 7.24. The lowest BCUT2D eigenvalue weighted by atomic mass is 10.1. The summed E-state index contributed by atoms with van der Waals surface area (Å²) in [7, 11) is -0.690. The minimum absolute atomic E-state index is 0.0491.